The lowest BCUT2D eigenvalue weighted by atomic mass is 9.54. The van der Waals surface area contributed by atoms with Crippen LogP contribution in [0.5, 0.6) is 5.75 Å². The molecule has 1 saturated carbocycles. The molecule has 0 aromatic heterocycles. The Morgan fingerprint density at radius 1 is 1.46 bits per heavy atom. The molecule has 7 heteroatoms. The molecule has 6 nitrogen and oxygen atoms in total. The Bertz CT molecular complexity index is 611. The molecule has 0 bridgehead atoms. The zero-order valence-electron chi connectivity index (χ0n) is 16.0. The Labute approximate surface area is 161 Å². The number of hydrogen-bond acceptors (Lipinski definition) is 5. The van der Waals surface area contributed by atoms with E-state index in [-0.39, 0.29) is 37.6 Å². The lowest BCUT2D eigenvalue weighted by Gasteiger charge is -2.57. The van der Waals surface area contributed by atoms with Crippen molar-refractivity contribution in [1.29, 1.82) is 0 Å². The minimum atomic E-state index is -0.982. The van der Waals surface area contributed by atoms with E-state index in [2.05, 4.69) is 5.32 Å². The Morgan fingerprint density at radius 3 is 2.73 bits per heavy atom. The van der Waals surface area contributed by atoms with Gasteiger partial charge in [-0.1, -0.05) is 26.0 Å². The van der Waals surface area contributed by atoms with Crippen LogP contribution in [0.3, 0.4) is 0 Å². The second kappa shape index (κ2) is 9.04. The molecule has 0 aliphatic heterocycles. The van der Waals surface area contributed by atoms with Crippen molar-refractivity contribution in [2.75, 3.05) is 19.8 Å². The minimum absolute atomic E-state index is 0. The van der Waals surface area contributed by atoms with Crippen molar-refractivity contribution < 1.29 is 19.4 Å². The Kier molecular flexibility index (Phi) is 7.89. The molecule has 1 aromatic rings. The summed E-state index contributed by atoms with van der Waals surface area (Å²) >= 11 is 0. The Balaban J connectivity index is 0.00000338. The van der Waals surface area contributed by atoms with E-state index in [0.29, 0.717) is 18.8 Å². The van der Waals surface area contributed by atoms with Gasteiger partial charge in [0.25, 0.3) is 0 Å². The standard InChI is InChI=1S/C19H30N2O4.ClH/c1-5-24-16-10-19(20,18(16,3)4)17(23)21-11-14(22)12-25-15-8-6-7-13(2)9-15;/h6-9,14,16,22H,5,10-12,20H2,1-4H3,(H,21,23);1H. The van der Waals surface area contributed by atoms with Crippen LogP contribution in [0.15, 0.2) is 24.3 Å². The maximum atomic E-state index is 12.5. The van der Waals surface area contributed by atoms with E-state index in [4.69, 9.17) is 15.2 Å². The highest BCUT2D eigenvalue weighted by Gasteiger charge is 2.62. The first kappa shape index (κ1) is 22.7. The lowest BCUT2D eigenvalue weighted by molar-refractivity contribution is -0.171. The van der Waals surface area contributed by atoms with Crippen LogP contribution in [0.1, 0.15) is 32.8 Å². The number of ether oxygens (including phenoxy) is 2. The van der Waals surface area contributed by atoms with Crippen LogP contribution in [0.25, 0.3) is 0 Å². The number of carbonyl (C=O) groups excluding carboxylic acids is 1. The molecule has 1 aliphatic carbocycles. The monoisotopic (exact) mass is 386 g/mol. The Hall–Kier alpha value is -1.34. The van der Waals surface area contributed by atoms with Gasteiger partial charge in [0.05, 0.1) is 6.10 Å². The van der Waals surface area contributed by atoms with Gasteiger partial charge >= 0.3 is 0 Å². The van der Waals surface area contributed by atoms with Crippen molar-refractivity contribution in [1.82, 2.24) is 5.32 Å². The third kappa shape index (κ3) is 4.68. The lowest BCUT2D eigenvalue weighted by Crippen LogP contribution is -2.76. The zero-order valence-corrected chi connectivity index (χ0v) is 16.8. The van der Waals surface area contributed by atoms with Crippen molar-refractivity contribution in [3.05, 3.63) is 29.8 Å². The first-order chi connectivity index (χ1) is 11.7. The van der Waals surface area contributed by atoms with Crippen molar-refractivity contribution in [3.63, 3.8) is 0 Å². The molecular formula is C19H31ClN2O4. The molecule has 0 spiro atoms. The van der Waals surface area contributed by atoms with Gasteiger partial charge in [0.1, 0.15) is 24.0 Å². The summed E-state index contributed by atoms with van der Waals surface area (Å²) in [6.45, 7) is 8.57. The molecule has 1 aliphatic rings. The predicted molar refractivity (Wildman–Crippen MR) is 104 cm³/mol. The normalized spacial score (nSPS) is 24.8. The highest BCUT2D eigenvalue weighted by atomic mass is 35.5. The first-order valence-corrected chi connectivity index (χ1v) is 8.77. The highest BCUT2D eigenvalue weighted by Crippen LogP contribution is 2.49. The summed E-state index contributed by atoms with van der Waals surface area (Å²) in [7, 11) is 0. The number of halogens is 1. The van der Waals surface area contributed by atoms with Crippen molar-refractivity contribution >= 4 is 18.3 Å². The van der Waals surface area contributed by atoms with Gasteiger partial charge in [-0.05, 0) is 31.5 Å². The smallest absolute Gasteiger partial charge is 0.240 e. The fourth-order valence-corrected chi connectivity index (χ4v) is 3.15. The molecule has 3 unspecified atom stereocenters. The fraction of sp³-hybridized carbons (Fsp3) is 0.632. The molecule has 1 amide bonds. The van der Waals surface area contributed by atoms with Crippen LogP contribution in [-0.2, 0) is 9.53 Å². The molecule has 4 N–H and O–H groups in total. The number of rotatable bonds is 8. The topological polar surface area (TPSA) is 93.8 Å². The Morgan fingerprint density at radius 2 is 2.15 bits per heavy atom. The van der Waals surface area contributed by atoms with Gasteiger partial charge in [-0.2, -0.15) is 0 Å². The molecule has 0 radical (unpaired) electrons. The summed E-state index contributed by atoms with van der Waals surface area (Å²) in [6, 6.07) is 7.59. The van der Waals surface area contributed by atoms with Crippen molar-refractivity contribution in [3.8, 4) is 5.75 Å². The van der Waals surface area contributed by atoms with E-state index in [1.165, 1.54) is 0 Å². The number of carbonyl (C=O) groups is 1. The molecule has 3 atom stereocenters. The van der Waals surface area contributed by atoms with Crippen molar-refractivity contribution in [2.45, 2.75) is 51.9 Å². The SMILES string of the molecule is CCOC1CC(N)(C(=O)NCC(O)COc2cccc(C)c2)C1(C)C.Cl. The number of nitrogens with one attached hydrogen (secondary N) is 1. The largest absolute Gasteiger partial charge is 0.491 e. The third-order valence-corrected chi connectivity index (χ3v) is 5.17. The maximum Gasteiger partial charge on any atom is 0.240 e. The summed E-state index contributed by atoms with van der Waals surface area (Å²) in [5.41, 5.74) is 5.96. The van der Waals surface area contributed by atoms with Crippen LogP contribution in [0.4, 0.5) is 0 Å². The summed E-state index contributed by atoms with van der Waals surface area (Å²) in [5, 5.41) is 12.8. The van der Waals surface area contributed by atoms with Crippen LogP contribution in [0.2, 0.25) is 0 Å². The number of aliphatic hydroxyl groups excluding tert-OH is 1. The second-order valence-electron chi connectivity index (χ2n) is 7.33. The second-order valence-corrected chi connectivity index (χ2v) is 7.33. The quantitative estimate of drug-likeness (QED) is 0.633. The van der Waals surface area contributed by atoms with Gasteiger partial charge < -0.3 is 25.6 Å². The number of aliphatic hydroxyl groups is 1. The number of benzene rings is 1. The van der Waals surface area contributed by atoms with E-state index in [0.717, 1.165) is 5.56 Å². The van der Waals surface area contributed by atoms with Gasteiger partial charge in [-0.15, -0.1) is 12.4 Å². The number of aryl methyl sites for hydroxylation is 1. The maximum absolute atomic E-state index is 12.5. The summed E-state index contributed by atoms with van der Waals surface area (Å²) in [5.74, 6) is 0.434. The van der Waals surface area contributed by atoms with Crippen LogP contribution >= 0.6 is 12.4 Å². The average molecular weight is 387 g/mol. The van der Waals surface area contributed by atoms with Gasteiger partial charge in [-0.3, -0.25) is 4.79 Å². The average Bonchev–Trinajstić information content (AvgIpc) is 2.57. The molecule has 1 fully saturated rings. The number of hydrogen-bond donors (Lipinski definition) is 3. The fourth-order valence-electron chi connectivity index (χ4n) is 3.15. The predicted octanol–water partition coefficient (Wildman–Crippen LogP) is 1.81. The van der Waals surface area contributed by atoms with Crippen molar-refractivity contribution in [2.24, 2.45) is 11.1 Å². The van der Waals surface area contributed by atoms with Gasteiger partial charge in [0.15, 0.2) is 0 Å². The highest BCUT2D eigenvalue weighted by molar-refractivity contribution is 5.88. The molecule has 26 heavy (non-hydrogen) atoms. The van der Waals surface area contributed by atoms with E-state index >= 15 is 0 Å². The number of amides is 1. The first-order valence-electron chi connectivity index (χ1n) is 8.77. The summed E-state index contributed by atoms with van der Waals surface area (Å²) < 4.78 is 11.2. The van der Waals surface area contributed by atoms with Crippen LogP contribution < -0.4 is 15.8 Å². The summed E-state index contributed by atoms with van der Waals surface area (Å²) in [6.07, 6.45) is -0.350. The molecule has 2 rings (SSSR count). The molecule has 0 heterocycles. The molecule has 148 valence electrons. The van der Waals surface area contributed by atoms with E-state index in [1.54, 1.807) is 0 Å². The van der Waals surface area contributed by atoms with Gasteiger partial charge in [-0.25, -0.2) is 0 Å². The van der Waals surface area contributed by atoms with E-state index < -0.39 is 17.1 Å². The summed E-state index contributed by atoms with van der Waals surface area (Å²) in [4.78, 5) is 12.5. The van der Waals surface area contributed by atoms with E-state index in [1.807, 2.05) is 52.0 Å². The minimum Gasteiger partial charge on any atom is -0.491 e. The molecule has 1 aromatic carbocycles. The molecule has 0 saturated heterocycles. The number of nitrogens with two attached hydrogens (primary N) is 1. The van der Waals surface area contributed by atoms with Crippen LogP contribution in [-0.4, -0.2) is 48.5 Å². The third-order valence-electron chi connectivity index (χ3n) is 5.17. The van der Waals surface area contributed by atoms with Crippen LogP contribution in [0, 0.1) is 12.3 Å². The van der Waals surface area contributed by atoms with Gasteiger partial charge in [0.2, 0.25) is 5.91 Å². The molecular weight excluding hydrogens is 356 g/mol. The van der Waals surface area contributed by atoms with Gasteiger partial charge in [0, 0.05) is 25.0 Å². The van der Waals surface area contributed by atoms with E-state index in [9.17, 15) is 9.90 Å². The zero-order chi connectivity index (χ0) is 18.7.